The second-order valence-electron chi connectivity index (χ2n) is 5.09. The molecule has 5 heteroatoms. The molecule has 0 bridgehead atoms. The van der Waals surface area contributed by atoms with E-state index in [4.69, 9.17) is 4.98 Å². The van der Waals surface area contributed by atoms with E-state index >= 15 is 0 Å². The number of nitrogens with zero attached hydrogens (tertiary/aromatic N) is 2. The van der Waals surface area contributed by atoms with E-state index in [1.165, 1.54) is 11.5 Å². The summed E-state index contributed by atoms with van der Waals surface area (Å²) in [5.74, 6) is 3.53. The predicted octanol–water partition coefficient (Wildman–Crippen LogP) is 3.30. The Morgan fingerprint density at radius 1 is 1.21 bits per heavy atom. The standard InChI is InChI=1S/C14H18N2OS2/c1-9-13(19-7-6-18-9)14-15-8-10-11(16-14)4-2-3-5-12(10)17/h8-9,13H,2-7H2,1H3. The summed E-state index contributed by atoms with van der Waals surface area (Å²) in [6.07, 6.45) is 5.40. The van der Waals surface area contributed by atoms with E-state index in [0.717, 1.165) is 36.3 Å². The van der Waals surface area contributed by atoms with Crippen LogP contribution in [-0.4, -0.2) is 32.5 Å². The zero-order valence-corrected chi connectivity index (χ0v) is 12.7. The fraction of sp³-hybridized carbons (Fsp3) is 0.643. The molecule has 1 aliphatic carbocycles. The van der Waals surface area contributed by atoms with Gasteiger partial charge in [-0.2, -0.15) is 11.8 Å². The Bertz CT molecular complexity index is 492. The number of hydrogen-bond donors (Lipinski definition) is 0. The van der Waals surface area contributed by atoms with Crippen LogP contribution in [0, 0.1) is 0 Å². The molecule has 3 nitrogen and oxygen atoms in total. The minimum atomic E-state index is 0.220. The second-order valence-corrected chi connectivity index (χ2v) is 7.82. The van der Waals surface area contributed by atoms with Crippen molar-refractivity contribution in [2.45, 2.75) is 43.1 Å². The number of fused-ring (bicyclic) bond motifs is 1. The summed E-state index contributed by atoms with van der Waals surface area (Å²) in [6, 6.07) is 0. The number of aromatic nitrogens is 2. The summed E-state index contributed by atoms with van der Waals surface area (Å²) in [5, 5.41) is 0.931. The summed E-state index contributed by atoms with van der Waals surface area (Å²) in [4.78, 5) is 21.2. The summed E-state index contributed by atoms with van der Waals surface area (Å²) >= 11 is 3.95. The third kappa shape index (κ3) is 2.82. The molecule has 2 unspecified atom stereocenters. The van der Waals surface area contributed by atoms with Gasteiger partial charge in [0.25, 0.3) is 0 Å². The van der Waals surface area contributed by atoms with Crippen molar-refractivity contribution in [3.05, 3.63) is 23.3 Å². The maximum absolute atomic E-state index is 12.0. The summed E-state index contributed by atoms with van der Waals surface area (Å²) < 4.78 is 0. The SMILES string of the molecule is CC1SCCSC1c1ncc2c(n1)CCCCC2=O. The van der Waals surface area contributed by atoms with Crippen molar-refractivity contribution in [1.82, 2.24) is 9.97 Å². The first-order valence-electron chi connectivity index (χ1n) is 6.88. The lowest BCUT2D eigenvalue weighted by Crippen LogP contribution is -2.19. The molecule has 0 aromatic carbocycles. The van der Waals surface area contributed by atoms with Gasteiger partial charge in [-0.1, -0.05) is 6.92 Å². The van der Waals surface area contributed by atoms with Gasteiger partial charge >= 0.3 is 0 Å². The van der Waals surface area contributed by atoms with Crippen molar-refractivity contribution < 1.29 is 4.79 Å². The molecule has 1 aliphatic heterocycles. The highest BCUT2D eigenvalue weighted by atomic mass is 32.2. The van der Waals surface area contributed by atoms with Crippen molar-refractivity contribution >= 4 is 29.3 Å². The molecule has 2 atom stereocenters. The number of carbonyl (C=O) groups is 1. The van der Waals surface area contributed by atoms with Gasteiger partial charge in [0, 0.05) is 29.4 Å². The number of carbonyl (C=O) groups excluding carboxylic acids is 1. The van der Waals surface area contributed by atoms with Crippen LogP contribution in [0.15, 0.2) is 6.20 Å². The van der Waals surface area contributed by atoms with Crippen LogP contribution in [-0.2, 0) is 6.42 Å². The van der Waals surface area contributed by atoms with Gasteiger partial charge < -0.3 is 0 Å². The fourth-order valence-corrected chi connectivity index (χ4v) is 5.32. The molecule has 0 N–H and O–H groups in total. The average molecular weight is 294 g/mol. The molecule has 3 rings (SSSR count). The maximum atomic E-state index is 12.0. The Kier molecular flexibility index (Phi) is 4.12. The molecule has 0 spiro atoms. The molecule has 0 saturated carbocycles. The molecule has 102 valence electrons. The van der Waals surface area contributed by atoms with E-state index in [2.05, 4.69) is 11.9 Å². The molecule has 1 saturated heterocycles. The van der Waals surface area contributed by atoms with Crippen LogP contribution in [0.5, 0.6) is 0 Å². The lowest BCUT2D eigenvalue weighted by atomic mass is 10.1. The molecule has 19 heavy (non-hydrogen) atoms. The van der Waals surface area contributed by atoms with Crippen molar-refractivity contribution in [2.24, 2.45) is 0 Å². The van der Waals surface area contributed by atoms with Gasteiger partial charge in [-0.25, -0.2) is 9.97 Å². The molecule has 1 aromatic heterocycles. The van der Waals surface area contributed by atoms with Crippen LogP contribution < -0.4 is 0 Å². The van der Waals surface area contributed by atoms with Crippen LogP contribution in [0.1, 0.15) is 53.3 Å². The van der Waals surface area contributed by atoms with Gasteiger partial charge in [0.2, 0.25) is 0 Å². The third-order valence-corrected chi connectivity index (χ3v) is 6.78. The zero-order valence-electron chi connectivity index (χ0n) is 11.1. The highest BCUT2D eigenvalue weighted by Gasteiger charge is 2.28. The maximum Gasteiger partial charge on any atom is 0.166 e. The topological polar surface area (TPSA) is 42.9 Å². The fourth-order valence-electron chi connectivity index (χ4n) is 2.62. The van der Waals surface area contributed by atoms with E-state index in [1.54, 1.807) is 6.20 Å². The number of Topliss-reactive ketones (excluding diaryl/α,β-unsaturated/α-hetero) is 1. The molecule has 0 radical (unpaired) electrons. The lowest BCUT2D eigenvalue weighted by Gasteiger charge is -2.26. The van der Waals surface area contributed by atoms with Crippen LogP contribution in [0.25, 0.3) is 0 Å². The first kappa shape index (κ1) is 13.4. The van der Waals surface area contributed by atoms with Gasteiger partial charge in [-0.05, 0) is 19.3 Å². The molecule has 0 amide bonds. The highest BCUT2D eigenvalue weighted by molar-refractivity contribution is 8.06. The molecular formula is C14H18N2OS2. The Labute approximate surface area is 122 Å². The van der Waals surface area contributed by atoms with Crippen molar-refractivity contribution in [3.8, 4) is 0 Å². The molecular weight excluding hydrogens is 276 g/mol. The Morgan fingerprint density at radius 3 is 2.84 bits per heavy atom. The monoisotopic (exact) mass is 294 g/mol. The second kappa shape index (κ2) is 5.83. The van der Waals surface area contributed by atoms with Gasteiger partial charge in [0.1, 0.15) is 5.82 Å². The van der Waals surface area contributed by atoms with E-state index < -0.39 is 0 Å². The van der Waals surface area contributed by atoms with Crippen molar-refractivity contribution in [3.63, 3.8) is 0 Å². The largest absolute Gasteiger partial charge is 0.294 e. The van der Waals surface area contributed by atoms with Gasteiger partial charge in [0.05, 0.1) is 16.5 Å². The normalized spacial score (nSPS) is 27.7. The molecule has 1 fully saturated rings. The predicted molar refractivity (Wildman–Crippen MR) is 81.0 cm³/mol. The number of rotatable bonds is 1. The number of ketones is 1. The Morgan fingerprint density at radius 2 is 2.00 bits per heavy atom. The van der Waals surface area contributed by atoms with Crippen molar-refractivity contribution in [2.75, 3.05) is 11.5 Å². The molecule has 2 heterocycles. The first-order chi connectivity index (χ1) is 9.25. The van der Waals surface area contributed by atoms with Crippen LogP contribution in [0.3, 0.4) is 0 Å². The smallest absolute Gasteiger partial charge is 0.166 e. The van der Waals surface area contributed by atoms with Crippen LogP contribution in [0.4, 0.5) is 0 Å². The van der Waals surface area contributed by atoms with E-state index in [1.807, 2.05) is 23.5 Å². The number of thioether (sulfide) groups is 2. The van der Waals surface area contributed by atoms with Gasteiger partial charge in [-0.15, -0.1) is 11.8 Å². The van der Waals surface area contributed by atoms with Crippen LogP contribution >= 0.6 is 23.5 Å². The Balaban J connectivity index is 1.92. The van der Waals surface area contributed by atoms with Crippen LogP contribution in [0.2, 0.25) is 0 Å². The molecule has 1 aromatic rings. The summed E-state index contributed by atoms with van der Waals surface area (Å²) in [6.45, 7) is 2.25. The van der Waals surface area contributed by atoms with E-state index in [-0.39, 0.29) is 5.78 Å². The minimum absolute atomic E-state index is 0.220. The molecule has 2 aliphatic rings. The van der Waals surface area contributed by atoms with Gasteiger partial charge in [-0.3, -0.25) is 4.79 Å². The first-order valence-corrected chi connectivity index (χ1v) is 8.97. The summed E-state index contributed by atoms with van der Waals surface area (Å²) in [5.41, 5.74) is 1.75. The number of aryl methyl sites for hydroxylation is 1. The average Bonchev–Trinajstić information content (AvgIpc) is 2.61. The third-order valence-electron chi connectivity index (χ3n) is 3.70. The minimum Gasteiger partial charge on any atom is -0.294 e. The lowest BCUT2D eigenvalue weighted by molar-refractivity contribution is 0.0981. The van der Waals surface area contributed by atoms with Gasteiger partial charge in [0.15, 0.2) is 5.78 Å². The highest BCUT2D eigenvalue weighted by Crippen LogP contribution is 2.41. The Hall–Kier alpha value is -0.550. The zero-order chi connectivity index (χ0) is 13.2. The van der Waals surface area contributed by atoms with E-state index in [9.17, 15) is 4.79 Å². The van der Waals surface area contributed by atoms with E-state index in [0.29, 0.717) is 16.9 Å². The number of hydrogen-bond acceptors (Lipinski definition) is 5. The quantitative estimate of drug-likeness (QED) is 0.744. The summed E-state index contributed by atoms with van der Waals surface area (Å²) in [7, 11) is 0. The van der Waals surface area contributed by atoms with Crippen molar-refractivity contribution in [1.29, 1.82) is 0 Å².